The molecule has 1 N–H and O–H groups in total. The summed E-state index contributed by atoms with van der Waals surface area (Å²) in [6, 6.07) is 17.8. The second-order valence-corrected chi connectivity index (χ2v) is 13.1. The molecule has 0 bridgehead atoms. The maximum Gasteiger partial charge on any atom is 0.345 e. The number of carboxylic acids is 1. The fourth-order valence-electron chi connectivity index (χ4n) is 4.68. The number of hydrogen-bond donors (Lipinski definition) is 1. The summed E-state index contributed by atoms with van der Waals surface area (Å²) in [5, 5.41) is 10.4. The predicted octanol–water partition coefficient (Wildman–Crippen LogP) is 7.52. The fraction of sp³-hybridized carbons (Fsp3) is 0.294. The first-order valence-corrected chi connectivity index (χ1v) is 17.2. The number of morpholine rings is 1. The Hall–Kier alpha value is -3.74. The van der Waals surface area contributed by atoms with E-state index in [2.05, 4.69) is 0 Å². The molecule has 2 aromatic carbocycles. The first-order chi connectivity index (χ1) is 22.6. The summed E-state index contributed by atoms with van der Waals surface area (Å²) in [5.74, 6) is -1.71. The Morgan fingerprint density at radius 2 is 1.17 bits per heavy atom. The third-order valence-electron chi connectivity index (χ3n) is 6.83. The van der Waals surface area contributed by atoms with Gasteiger partial charge in [-0.3, -0.25) is 14.4 Å². The van der Waals surface area contributed by atoms with Gasteiger partial charge >= 0.3 is 17.9 Å². The number of amides is 1. The quantitative estimate of drug-likeness (QED) is 0.167. The molecule has 3 heterocycles. The van der Waals surface area contributed by atoms with Crippen LogP contribution in [0, 0.1) is 0 Å². The van der Waals surface area contributed by atoms with Crippen LogP contribution in [0.5, 0.6) is 0 Å². The molecule has 13 heteroatoms. The van der Waals surface area contributed by atoms with Crippen molar-refractivity contribution in [1.82, 2.24) is 4.90 Å². The average Bonchev–Trinajstić information content (AvgIpc) is 3.67. The van der Waals surface area contributed by atoms with Crippen molar-refractivity contribution in [1.29, 1.82) is 0 Å². The maximum atomic E-state index is 12.8. The average molecular weight is 719 g/mol. The van der Waals surface area contributed by atoms with Gasteiger partial charge in [0.15, 0.2) is 0 Å². The molecule has 1 aliphatic heterocycles. The minimum Gasteiger partial charge on any atom is -0.477 e. The normalized spacial score (nSPS) is 12.6. The van der Waals surface area contributed by atoms with E-state index in [4.69, 9.17) is 42.5 Å². The standard InChI is InChI=1S/C19H20ClNO4S.C15H13ClO4S/c1-2-25-17(22)12-14-11-16(19(23)21-7-9-24-10-8-21)26-18(14)13-3-5-15(20)6-4-13;1-2-20-13(17)8-10-7-12(15(18)19)21-14(10)9-3-5-11(16)6-4-9/h3-6,11H,2,7-10,12H2,1H3;3-7H,2,8H2,1H3,(H,18,19). The summed E-state index contributed by atoms with van der Waals surface area (Å²) in [7, 11) is 0. The number of hydrogen-bond acceptors (Lipinski definition) is 9. The molecule has 2 aromatic heterocycles. The zero-order chi connectivity index (χ0) is 33.9. The monoisotopic (exact) mass is 717 g/mol. The molecule has 0 spiro atoms. The minimum absolute atomic E-state index is 0.0244. The van der Waals surface area contributed by atoms with Gasteiger partial charge in [-0.1, -0.05) is 47.5 Å². The number of ether oxygens (including phenoxy) is 3. The van der Waals surface area contributed by atoms with Gasteiger partial charge in [-0.25, -0.2) is 4.79 Å². The minimum atomic E-state index is -1.01. The first kappa shape index (κ1) is 36.1. The second-order valence-electron chi connectivity index (χ2n) is 10.1. The molecule has 1 aliphatic rings. The van der Waals surface area contributed by atoms with Crippen LogP contribution in [0.2, 0.25) is 10.0 Å². The van der Waals surface area contributed by atoms with Crippen LogP contribution in [0.1, 0.15) is 44.3 Å². The van der Waals surface area contributed by atoms with Gasteiger partial charge in [0.05, 0.1) is 44.1 Å². The molecule has 0 radical (unpaired) electrons. The maximum absolute atomic E-state index is 12.8. The van der Waals surface area contributed by atoms with Gasteiger partial charge in [0.1, 0.15) is 4.88 Å². The van der Waals surface area contributed by atoms with Crippen LogP contribution in [0.4, 0.5) is 0 Å². The lowest BCUT2D eigenvalue weighted by Crippen LogP contribution is -2.40. The van der Waals surface area contributed by atoms with Gasteiger partial charge in [0.25, 0.3) is 5.91 Å². The van der Waals surface area contributed by atoms with E-state index in [1.54, 1.807) is 55.1 Å². The van der Waals surface area contributed by atoms with E-state index in [1.807, 2.05) is 18.2 Å². The summed E-state index contributed by atoms with van der Waals surface area (Å²) in [5.41, 5.74) is 3.21. The Morgan fingerprint density at radius 1 is 0.745 bits per heavy atom. The van der Waals surface area contributed by atoms with Crippen LogP contribution >= 0.6 is 45.9 Å². The molecular weight excluding hydrogens is 685 g/mol. The Kier molecular flexibility index (Phi) is 13.4. The van der Waals surface area contributed by atoms with E-state index in [0.29, 0.717) is 60.0 Å². The van der Waals surface area contributed by atoms with E-state index in [0.717, 1.165) is 37.8 Å². The van der Waals surface area contributed by atoms with Gasteiger partial charge in [0.2, 0.25) is 0 Å². The highest BCUT2D eigenvalue weighted by atomic mass is 35.5. The van der Waals surface area contributed by atoms with Crippen molar-refractivity contribution in [3.8, 4) is 20.9 Å². The van der Waals surface area contributed by atoms with E-state index in [9.17, 15) is 19.2 Å². The highest BCUT2D eigenvalue weighted by molar-refractivity contribution is 7.18. The summed E-state index contributed by atoms with van der Waals surface area (Å²) in [6.45, 7) is 6.41. The molecule has 5 rings (SSSR count). The molecule has 1 fully saturated rings. The smallest absolute Gasteiger partial charge is 0.345 e. The number of halogens is 2. The van der Waals surface area contributed by atoms with Crippen molar-refractivity contribution in [3.63, 3.8) is 0 Å². The Labute approximate surface area is 290 Å². The number of thiophene rings is 2. The Balaban J connectivity index is 0.000000218. The van der Waals surface area contributed by atoms with Gasteiger partial charge in [-0.05, 0) is 72.5 Å². The van der Waals surface area contributed by atoms with Crippen molar-refractivity contribution in [3.05, 3.63) is 91.6 Å². The molecule has 47 heavy (non-hydrogen) atoms. The van der Waals surface area contributed by atoms with E-state index in [1.165, 1.54) is 17.4 Å². The predicted molar refractivity (Wildman–Crippen MR) is 184 cm³/mol. The van der Waals surface area contributed by atoms with Crippen LogP contribution in [-0.4, -0.2) is 73.3 Å². The second kappa shape index (κ2) is 17.4. The van der Waals surface area contributed by atoms with Gasteiger partial charge in [-0.15, -0.1) is 22.7 Å². The van der Waals surface area contributed by atoms with Crippen LogP contribution in [0.25, 0.3) is 20.9 Å². The summed E-state index contributed by atoms with van der Waals surface area (Å²) in [4.78, 5) is 51.8. The highest BCUT2D eigenvalue weighted by Gasteiger charge is 2.24. The third kappa shape index (κ3) is 10.1. The van der Waals surface area contributed by atoms with E-state index < -0.39 is 5.97 Å². The SMILES string of the molecule is CCOC(=O)Cc1cc(C(=O)N2CCOCC2)sc1-c1ccc(Cl)cc1.CCOC(=O)Cc1cc(C(=O)O)sc1-c1ccc(Cl)cc1. The van der Waals surface area contributed by atoms with Gasteiger partial charge < -0.3 is 24.2 Å². The molecule has 0 atom stereocenters. The largest absolute Gasteiger partial charge is 0.477 e. The number of aromatic carboxylic acids is 1. The van der Waals surface area contributed by atoms with Crippen molar-refractivity contribution < 1.29 is 38.5 Å². The number of rotatable bonds is 10. The van der Waals surface area contributed by atoms with Crippen molar-refractivity contribution in [2.45, 2.75) is 26.7 Å². The van der Waals surface area contributed by atoms with Crippen LogP contribution in [0.15, 0.2) is 60.7 Å². The Morgan fingerprint density at radius 3 is 1.60 bits per heavy atom. The zero-order valence-corrected chi connectivity index (χ0v) is 28.9. The van der Waals surface area contributed by atoms with E-state index in [-0.39, 0.29) is 35.6 Å². The molecule has 0 unspecified atom stereocenters. The fourth-order valence-corrected chi connectivity index (χ4v) is 7.11. The molecule has 4 aromatic rings. The molecule has 1 saturated heterocycles. The van der Waals surface area contributed by atoms with E-state index >= 15 is 0 Å². The third-order valence-corrected chi connectivity index (χ3v) is 9.76. The van der Waals surface area contributed by atoms with Crippen LogP contribution in [-0.2, 0) is 36.6 Å². The molecule has 0 aliphatic carbocycles. The van der Waals surface area contributed by atoms with Crippen molar-refractivity contribution in [2.75, 3.05) is 39.5 Å². The number of carbonyl (C=O) groups excluding carboxylic acids is 3. The summed E-state index contributed by atoms with van der Waals surface area (Å²) >= 11 is 14.4. The number of carboxylic acid groups (broad SMARTS) is 1. The number of nitrogens with zero attached hydrogens (tertiary/aromatic N) is 1. The molecule has 248 valence electrons. The molecule has 9 nitrogen and oxygen atoms in total. The summed E-state index contributed by atoms with van der Waals surface area (Å²) in [6.07, 6.45) is 0.189. The molecule has 0 saturated carbocycles. The Bertz CT molecular complexity index is 1690. The zero-order valence-electron chi connectivity index (χ0n) is 25.8. The van der Waals surface area contributed by atoms with Gasteiger partial charge in [-0.2, -0.15) is 0 Å². The topological polar surface area (TPSA) is 119 Å². The number of carbonyl (C=O) groups is 4. The highest BCUT2D eigenvalue weighted by Crippen LogP contribution is 2.36. The van der Waals surface area contributed by atoms with Crippen LogP contribution < -0.4 is 0 Å². The van der Waals surface area contributed by atoms with Gasteiger partial charge in [0, 0.05) is 32.9 Å². The lowest BCUT2D eigenvalue weighted by atomic mass is 10.1. The molecule has 1 amide bonds. The lowest BCUT2D eigenvalue weighted by molar-refractivity contribution is -0.143. The number of benzene rings is 2. The number of esters is 2. The van der Waals surface area contributed by atoms with Crippen molar-refractivity contribution in [2.24, 2.45) is 0 Å². The van der Waals surface area contributed by atoms with Crippen LogP contribution in [0.3, 0.4) is 0 Å². The lowest BCUT2D eigenvalue weighted by Gasteiger charge is -2.26. The molecular formula is C34H33Cl2NO8S2. The summed E-state index contributed by atoms with van der Waals surface area (Å²) < 4.78 is 15.3. The first-order valence-electron chi connectivity index (χ1n) is 14.8. The van der Waals surface area contributed by atoms with Crippen molar-refractivity contribution >= 4 is 69.7 Å².